The van der Waals surface area contributed by atoms with Gasteiger partial charge in [-0.2, -0.15) is 0 Å². The van der Waals surface area contributed by atoms with Crippen LogP contribution < -0.4 is 0 Å². The molecule has 72 valence electrons. The van der Waals surface area contributed by atoms with Crippen LogP contribution in [0.1, 0.15) is 5.56 Å². The highest BCUT2D eigenvalue weighted by molar-refractivity contribution is 9.10. The van der Waals surface area contributed by atoms with Crippen molar-refractivity contribution in [1.82, 2.24) is 15.2 Å². The second kappa shape index (κ2) is 4.37. The number of rotatable bonds is 2. The molecule has 0 unspecified atom stereocenters. The average molecular weight is 288 g/mol. The Labute approximate surface area is 98.1 Å². The molecule has 0 bridgehead atoms. The third kappa shape index (κ3) is 2.31. The van der Waals surface area contributed by atoms with Crippen LogP contribution in [0.25, 0.3) is 0 Å². The number of hydrogen-bond acceptors (Lipinski definition) is 5. The fourth-order valence-corrected chi connectivity index (χ4v) is 2.55. The van der Waals surface area contributed by atoms with Gasteiger partial charge < -0.3 is 0 Å². The van der Waals surface area contributed by atoms with Gasteiger partial charge in [-0.25, -0.2) is 4.98 Å². The summed E-state index contributed by atoms with van der Waals surface area (Å²) in [5, 5.41) is 8.66. The molecule has 0 aromatic carbocycles. The Morgan fingerprint density at radius 1 is 1.50 bits per heavy atom. The van der Waals surface area contributed by atoms with E-state index in [-0.39, 0.29) is 0 Å². The molecule has 0 saturated heterocycles. The molecular formula is C8H6BrN3S2. The molecule has 0 aliphatic carbocycles. The van der Waals surface area contributed by atoms with E-state index < -0.39 is 0 Å². The normalized spacial score (nSPS) is 10.4. The first-order chi connectivity index (χ1) is 6.75. The van der Waals surface area contributed by atoms with Crippen molar-refractivity contribution in [1.29, 1.82) is 0 Å². The van der Waals surface area contributed by atoms with Gasteiger partial charge in [0.2, 0.25) is 0 Å². The van der Waals surface area contributed by atoms with Crippen molar-refractivity contribution < 1.29 is 0 Å². The maximum atomic E-state index is 4.27. The fraction of sp³-hybridized carbons (Fsp3) is 0.125. The molecule has 14 heavy (non-hydrogen) atoms. The van der Waals surface area contributed by atoms with Gasteiger partial charge in [-0.15, -0.1) is 10.2 Å². The topological polar surface area (TPSA) is 38.7 Å². The van der Waals surface area contributed by atoms with Crippen molar-refractivity contribution in [2.75, 3.05) is 0 Å². The van der Waals surface area contributed by atoms with Crippen LogP contribution in [0.4, 0.5) is 0 Å². The van der Waals surface area contributed by atoms with E-state index in [4.69, 9.17) is 0 Å². The van der Waals surface area contributed by atoms with E-state index in [1.165, 1.54) is 28.7 Å². The van der Waals surface area contributed by atoms with Crippen LogP contribution >= 0.6 is 39.0 Å². The molecular weight excluding hydrogens is 282 g/mol. The van der Waals surface area contributed by atoms with Crippen LogP contribution in [0.3, 0.4) is 0 Å². The Hall–Kier alpha value is -0.460. The Balaban J connectivity index is 2.22. The number of pyridine rings is 1. The second-order valence-electron chi connectivity index (χ2n) is 2.58. The summed E-state index contributed by atoms with van der Waals surface area (Å²) in [7, 11) is 0. The highest BCUT2D eigenvalue weighted by Gasteiger charge is 2.03. The quantitative estimate of drug-likeness (QED) is 0.851. The van der Waals surface area contributed by atoms with Crippen LogP contribution in [-0.4, -0.2) is 15.2 Å². The molecule has 0 saturated carbocycles. The van der Waals surface area contributed by atoms with Crippen molar-refractivity contribution in [2.24, 2.45) is 0 Å². The minimum absolute atomic E-state index is 0.916. The summed E-state index contributed by atoms with van der Waals surface area (Å²) in [5.41, 5.74) is 2.89. The number of nitrogens with zero attached hydrogens (tertiary/aromatic N) is 3. The number of hydrogen-bond donors (Lipinski definition) is 0. The molecule has 6 heteroatoms. The Morgan fingerprint density at radius 2 is 2.36 bits per heavy atom. The minimum atomic E-state index is 0.916. The monoisotopic (exact) mass is 287 g/mol. The van der Waals surface area contributed by atoms with E-state index in [0.717, 1.165) is 13.8 Å². The molecule has 2 rings (SSSR count). The van der Waals surface area contributed by atoms with Crippen LogP contribution in [0, 0.1) is 6.92 Å². The molecule has 2 heterocycles. The SMILES string of the molecule is Cc1cc(Sc2nncs2)ncc1Br. The predicted molar refractivity (Wildman–Crippen MR) is 60.7 cm³/mol. The fourth-order valence-electron chi connectivity index (χ4n) is 0.866. The van der Waals surface area contributed by atoms with Crippen LogP contribution in [0.2, 0.25) is 0 Å². The first-order valence-corrected chi connectivity index (χ1v) is 6.31. The summed E-state index contributed by atoms with van der Waals surface area (Å²) in [6.45, 7) is 2.04. The summed E-state index contributed by atoms with van der Waals surface area (Å²) in [4.78, 5) is 4.27. The number of aromatic nitrogens is 3. The number of halogens is 1. The molecule has 0 N–H and O–H groups in total. The van der Waals surface area contributed by atoms with Crippen molar-refractivity contribution >= 4 is 39.0 Å². The molecule has 0 aliphatic rings. The van der Waals surface area contributed by atoms with Crippen LogP contribution in [0.5, 0.6) is 0 Å². The molecule has 0 spiro atoms. The van der Waals surface area contributed by atoms with Gasteiger partial charge in [-0.1, -0.05) is 11.3 Å². The van der Waals surface area contributed by atoms with Crippen molar-refractivity contribution in [2.45, 2.75) is 16.3 Å². The smallest absolute Gasteiger partial charge is 0.180 e. The zero-order valence-corrected chi connectivity index (χ0v) is 10.5. The van der Waals surface area contributed by atoms with Crippen molar-refractivity contribution in [3.8, 4) is 0 Å². The first kappa shape index (κ1) is 10.1. The summed E-state index contributed by atoms with van der Waals surface area (Å²) < 4.78 is 1.94. The molecule has 0 fully saturated rings. The lowest BCUT2D eigenvalue weighted by atomic mass is 10.3. The second-order valence-corrected chi connectivity index (χ2v) is 5.53. The molecule has 0 radical (unpaired) electrons. The summed E-state index contributed by atoms with van der Waals surface area (Å²) >= 11 is 6.46. The van der Waals surface area contributed by atoms with Gasteiger partial charge in [0.15, 0.2) is 4.34 Å². The van der Waals surface area contributed by atoms with Gasteiger partial charge in [-0.05, 0) is 46.2 Å². The summed E-state index contributed by atoms with van der Waals surface area (Å²) in [6.07, 6.45) is 1.80. The van der Waals surface area contributed by atoms with Gasteiger partial charge in [0.05, 0.1) is 0 Å². The van der Waals surface area contributed by atoms with Gasteiger partial charge in [-0.3, -0.25) is 0 Å². The molecule has 0 amide bonds. The highest BCUT2D eigenvalue weighted by Crippen LogP contribution is 2.28. The van der Waals surface area contributed by atoms with E-state index in [1.54, 1.807) is 11.7 Å². The molecule has 0 atom stereocenters. The molecule has 2 aromatic rings. The van der Waals surface area contributed by atoms with E-state index in [9.17, 15) is 0 Å². The van der Waals surface area contributed by atoms with Crippen molar-refractivity contribution in [3.63, 3.8) is 0 Å². The average Bonchev–Trinajstić information content (AvgIpc) is 2.64. The molecule has 3 nitrogen and oxygen atoms in total. The van der Waals surface area contributed by atoms with E-state index >= 15 is 0 Å². The first-order valence-electron chi connectivity index (χ1n) is 3.82. The lowest BCUT2D eigenvalue weighted by Crippen LogP contribution is -1.83. The molecule has 2 aromatic heterocycles. The Kier molecular flexibility index (Phi) is 3.15. The van der Waals surface area contributed by atoms with Gasteiger partial charge >= 0.3 is 0 Å². The highest BCUT2D eigenvalue weighted by atomic mass is 79.9. The van der Waals surface area contributed by atoms with Gasteiger partial charge in [0, 0.05) is 10.7 Å². The summed E-state index contributed by atoms with van der Waals surface area (Å²) in [6, 6.07) is 2.02. The zero-order valence-electron chi connectivity index (χ0n) is 7.27. The van der Waals surface area contributed by atoms with Gasteiger partial charge in [0.1, 0.15) is 10.5 Å². The third-order valence-electron chi connectivity index (χ3n) is 1.55. The van der Waals surface area contributed by atoms with Crippen LogP contribution in [0.15, 0.2) is 31.6 Å². The predicted octanol–water partition coefficient (Wildman–Crippen LogP) is 3.16. The maximum absolute atomic E-state index is 4.27. The third-order valence-corrected chi connectivity index (χ3v) is 4.09. The largest absolute Gasteiger partial charge is 0.248 e. The minimum Gasteiger partial charge on any atom is -0.248 e. The van der Waals surface area contributed by atoms with Gasteiger partial charge in [0.25, 0.3) is 0 Å². The zero-order chi connectivity index (χ0) is 9.97. The Morgan fingerprint density at radius 3 is 3.00 bits per heavy atom. The lowest BCUT2D eigenvalue weighted by Gasteiger charge is -1.99. The molecule has 0 aliphatic heterocycles. The Bertz CT molecular complexity index is 430. The maximum Gasteiger partial charge on any atom is 0.180 e. The van der Waals surface area contributed by atoms with Crippen LogP contribution in [-0.2, 0) is 0 Å². The standard InChI is InChI=1S/C8H6BrN3S2/c1-5-2-7(10-3-6(5)9)14-8-12-11-4-13-8/h2-4H,1H3. The van der Waals surface area contributed by atoms with E-state index in [1.807, 2.05) is 13.0 Å². The lowest BCUT2D eigenvalue weighted by molar-refractivity contribution is 1.00. The van der Waals surface area contributed by atoms with E-state index in [0.29, 0.717) is 0 Å². The van der Waals surface area contributed by atoms with Crippen molar-refractivity contribution in [3.05, 3.63) is 27.8 Å². The number of aryl methyl sites for hydroxylation is 1. The van der Waals surface area contributed by atoms with E-state index in [2.05, 4.69) is 31.1 Å². The summed E-state index contributed by atoms with van der Waals surface area (Å²) in [5.74, 6) is 0.